The number of fused-ring (bicyclic) bond motifs is 1. The largest absolute Gasteiger partial charge is 0.368 e. The molecule has 20 heavy (non-hydrogen) atoms. The van der Waals surface area contributed by atoms with Crippen molar-refractivity contribution in [1.29, 1.82) is 5.41 Å². The zero-order valence-electron chi connectivity index (χ0n) is 12.9. The molecule has 1 aliphatic carbocycles. The minimum atomic E-state index is -0.522. The first kappa shape index (κ1) is 16.0. The lowest BCUT2D eigenvalue weighted by molar-refractivity contribution is -0.0906. The zero-order valence-corrected chi connectivity index (χ0v) is 12.9. The molecule has 1 saturated heterocycles. The Hall–Kier alpha value is -0.410. The third kappa shape index (κ3) is 4.56. The first-order valence-corrected chi connectivity index (χ1v) is 8.60. The highest BCUT2D eigenvalue weighted by Crippen LogP contribution is 2.44. The molecule has 1 unspecified atom stereocenters. The molecule has 3 nitrogen and oxygen atoms in total. The molecule has 1 heterocycles. The molecule has 1 aliphatic heterocycles. The van der Waals surface area contributed by atoms with Crippen molar-refractivity contribution in [2.75, 3.05) is 0 Å². The molecular formula is C17H31NO2. The van der Waals surface area contributed by atoms with Crippen LogP contribution < -0.4 is 0 Å². The zero-order chi connectivity index (χ0) is 14.4. The molecule has 2 aliphatic rings. The van der Waals surface area contributed by atoms with Gasteiger partial charge in [-0.25, -0.2) is 0 Å². The average molecular weight is 281 g/mol. The normalized spacial score (nSPS) is 32.5. The Bertz CT molecular complexity index is 305. The minimum Gasteiger partial charge on any atom is -0.368 e. The lowest BCUT2D eigenvalue weighted by Gasteiger charge is -2.17. The predicted molar refractivity (Wildman–Crippen MR) is 82.0 cm³/mol. The smallest absolute Gasteiger partial charge is 0.155 e. The summed E-state index contributed by atoms with van der Waals surface area (Å²) in [5.41, 5.74) is 0.935. The second-order valence-electron chi connectivity index (χ2n) is 6.67. The first-order chi connectivity index (χ1) is 9.70. The Morgan fingerprint density at radius 1 is 1.15 bits per heavy atom. The van der Waals surface area contributed by atoms with Crippen LogP contribution in [0.15, 0.2) is 0 Å². The molecule has 2 N–H and O–H groups in total. The molecule has 116 valence electrons. The summed E-state index contributed by atoms with van der Waals surface area (Å²) < 4.78 is 5.53. The van der Waals surface area contributed by atoms with E-state index in [0.717, 1.165) is 37.8 Å². The summed E-state index contributed by atoms with van der Waals surface area (Å²) >= 11 is 0. The quantitative estimate of drug-likeness (QED) is 0.489. The highest BCUT2D eigenvalue weighted by atomic mass is 16.6. The van der Waals surface area contributed by atoms with Gasteiger partial charge in [0.25, 0.3) is 0 Å². The highest BCUT2D eigenvalue weighted by Gasteiger charge is 2.43. The molecule has 0 aromatic rings. The van der Waals surface area contributed by atoms with E-state index in [1.165, 1.54) is 38.5 Å². The first-order valence-electron chi connectivity index (χ1n) is 8.60. The standard InChI is InChI=1S/C17H31NO2/c1-2-3-4-5-6-7-14(18)10-8-13-9-11-16-15(13)12-17(19)20-16/h13,15-19H,2-12H2,1H3/t13-,15+,16-,17?/m0/s1. The summed E-state index contributed by atoms with van der Waals surface area (Å²) in [6.45, 7) is 2.24. The van der Waals surface area contributed by atoms with E-state index in [1.54, 1.807) is 0 Å². The van der Waals surface area contributed by atoms with Crippen molar-refractivity contribution in [1.82, 2.24) is 0 Å². The van der Waals surface area contributed by atoms with Crippen LogP contribution in [0.2, 0.25) is 0 Å². The van der Waals surface area contributed by atoms with E-state index in [9.17, 15) is 5.11 Å². The van der Waals surface area contributed by atoms with Crippen LogP contribution in [-0.4, -0.2) is 23.2 Å². The number of aliphatic hydroxyl groups is 1. The fourth-order valence-electron chi connectivity index (χ4n) is 3.90. The molecule has 0 bridgehead atoms. The van der Waals surface area contributed by atoms with E-state index < -0.39 is 6.29 Å². The Morgan fingerprint density at radius 2 is 1.95 bits per heavy atom. The summed E-state index contributed by atoms with van der Waals surface area (Å²) in [7, 11) is 0. The number of hydrogen-bond donors (Lipinski definition) is 2. The van der Waals surface area contributed by atoms with Gasteiger partial charge in [-0.05, 0) is 50.4 Å². The van der Waals surface area contributed by atoms with Crippen LogP contribution in [0.1, 0.15) is 77.6 Å². The Kier molecular flexibility index (Phi) is 6.50. The van der Waals surface area contributed by atoms with Crippen molar-refractivity contribution in [3.05, 3.63) is 0 Å². The van der Waals surface area contributed by atoms with Gasteiger partial charge >= 0.3 is 0 Å². The van der Waals surface area contributed by atoms with Gasteiger partial charge in [-0.1, -0.05) is 32.6 Å². The van der Waals surface area contributed by atoms with E-state index >= 15 is 0 Å². The second-order valence-corrected chi connectivity index (χ2v) is 6.67. The summed E-state index contributed by atoms with van der Waals surface area (Å²) in [5.74, 6) is 1.24. The minimum absolute atomic E-state index is 0.304. The highest BCUT2D eigenvalue weighted by molar-refractivity contribution is 5.81. The third-order valence-corrected chi connectivity index (χ3v) is 5.11. The molecule has 0 amide bonds. The van der Waals surface area contributed by atoms with Gasteiger partial charge in [-0.15, -0.1) is 0 Å². The molecule has 0 aromatic carbocycles. The Balaban J connectivity index is 1.57. The third-order valence-electron chi connectivity index (χ3n) is 5.11. The number of rotatable bonds is 9. The van der Waals surface area contributed by atoms with Crippen LogP contribution in [0, 0.1) is 17.2 Å². The van der Waals surface area contributed by atoms with Gasteiger partial charge in [-0.3, -0.25) is 0 Å². The van der Waals surface area contributed by atoms with Gasteiger partial charge in [0, 0.05) is 12.1 Å². The van der Waals surface area contributed by atoms with E-state index in [2.05, 4.69) is 6.92 Å². The number of aliphatic hydroxyl groups excluding tert-OH is 1. The maximum Gasteiger partial charge on any atom is 0.155 e. The van der Waals surface area contributed by atoms with Crippen LogP contribution in [0.4, 0.5) is 0 Å². The van der Waals surface area contributed by atoms with Crippen LogP contribution >= 0.6 is 0 Å². The van der Waals surface area contributed by atoms with Crippen LogP contribution in [0.25, 0.3) is 0 Å². The molecule has 2 rings (SSSR count). The van der Waals surface area contributed by atoms with Crippen LogP contribution in [0.3, 0.4) is 0 Å². The van der Waals surface area contributed by atoms with Crippen LogP contribution in [-0.2, 0) is 4.74 Å². The lowest BCUT2D eigenvalue weighted by Crippen LogP contribution is -2.14. The Labute approximate surface area is 123 Å². The summed E-state index contributed by atoms with van der Waals surface area (Å²) in [5, 5.41) is 17.6. The molecular weight excluding hydrogens is 250 g/mol. The van der Waals surface area contributed by atoms with E-state index in [1.807, 2.05) is 0 Å². The van der Waals surface area contributed by atoms with Gasteiger partial charge < -0.3 is 15.3 Å². The monoisotopic (exact) mass is 281 g/mol. The van der Waals surface area contributed by atoms with Gasteiger partial charge in [0.1, 0.15) is 0 Å². The second kappa shape index (κ2) is 8.14. The van der Waals surface area contributed by atoms with Crippen molar-refractivity contribution in [2.45, 2.75) is 89.9 Å². The average Bonchev–Trinajstić information content (AvgIpc) is 2.95. The number of nitrogens with one attached hydrogen (secondary N) is 1. The van der Waals surface area contributed by atoms with Gasteiger partial charge in [0.2, 0.25) is 0 Å². The topological polar surface area (TPSA) is 53.3 Å². The predicted octanol–water partition coefficient (Wildman–Crippen LogP) is 4.28. The number of unbranched alkanes of at least 4 members (excludes halogenated alkanes) is 4. The van der Waals surface area contributed by atoms with Crippen LogP contribution in [0.5, 0.6) is 0 Å². The van der Waals surface area contributed by atoms with E-state index in [0.29, 0.717) is 17.9 Å². The van der Waals surface area contributed by atoms with Gasteiger partial charge in [0.05, 0.1) is 6.10 Å². The van der Waals surface area contributed by atoms with Gasteiger partial charge in [-0.2, -0.15) is 0 Å². The molecule has 1 saturated carbocycles. The maximum absolute atomic E-state index is 9.55. The molecule has 2 fully saturated rings. The van der Waals surface area contributed by atoms with Crippen molar-refractivity contribution in [2.24, 2.45) is 11.8 Å². The number of ether oxygens (including phenoxy) is 1. The van der Waals surface area contributed by atoms with Crippen molar-refractivity contribution in [3.8, 4) is 0 Å². The summed E-state index contributed by atoms with van der Waals surface area (Å²) in [6, 6.07) is 0. The number of hydrogen-bond acceptors (Lipinski definition) is 3. The molecule has 0 spiro atoms. The van der Waals surface area contributed by atoms with Crippen molar-refractivity contribution >= 4 is 5.71 Å². The summed E-state index contributed by atoms with van der Waals surface area (Å²) in [6.07, 6.45) is 12.4. The molecule has 4 atom stereocenters. The van der Waals surface area contributed by atoms with E-state index in [-0.39, 0.29) is 0 Å². The van der Waals surface area contributed by atoms with Gasteiger partial charge in [0.15, 0.2) is 6.29 Å². The Morgan fingerprint density at radius 3 is 2.75 bits per heavy atom. The fraction of sp³-hybridized carbons (Fsp3) is 0.941. The molecule has 0 aromatic heterocycles. The SMILES string of the molecule is CCCCCCCC(=N)CC[C@H]1CC[C@@H]2OC(O)C[C@H]12. The lowest BCUT2D eigenvalue weighted by atomic mass is 9.88. The molecule has 3 heteroatoms. The van der Waals surface area contributed by atoms with Crippen molar-refractivity contribution < 1.29 is 9.84 Å². The van der Waals surface area contributed by atoms with E-state index in [4.69, 9.17) is 10.1 Å². The fourth-order valence-corrected chi connectivity index (χ4v) is 3.90. The maximum atomic E-state index is 9.55. The summed E-state index contributed by atoms with van der Waals surface area (Å²) in [4.78, 5) is 0. The molecule has 0 radical (unpaired) electrons. The van der Waals surface area contributed by atoms with Crippen molar-refractivity contribution in [3.63, 3.8) is 0 Å².